The molecular weight excluding hydrogens is 374 g/mol. The minimum Gasteiger partial charge on any atom is -0.353 e. The van der Waals surface area contributed by atoms with Crippen molar-refractivity contribution in [2.75, 3.05) is 24.5 Å². The Hall–Kier alpha value is -3.02. The number of hydrogen-bond donors (Lipinski definition) is 0. The number of aromatic nitrogens is 3. The number of benzene rings is 1. The summed E-state index contributed by atoms with van der Waals surface area (Å²) in [4.78, 5) is 30.9. The van der Waals surface area contributed by atoms with Crippen molar-refractivity contribution in [1.29, 1.82) is 0 Å². The normalized spacial score (nSPS) is 21.3. The average Bonchev–Trinajstić information content (AvgIpc) is 3.09. The molecule has 0 radical (unpaired) electrons. The summed E-state index contributed by atoms with van der Waals surface area (Å²) in [6, 6.07) is 10.7. The zero-order valence-corrected chi connectivity index (χ0v) is 17.4. The monoisotopic (exact) mass is 401 g/mol. The highest BCUT2D eigenvalue weighted by Crippen LogP contribution is 2.32. The number of piperazine rings is 1. The molecule has 2 atom stereocenters. The first-order valence-corrected chi connectivity index (χ1v) is 10.9. The third-order valence-electron chi connectivity index (χ3n) is 6.47. The highest BCUT2D eigenvalue weighted by atomic mass is 16.2. The minimum absolute atomic E-state index is 0.141. The molecule has 0 saturated carbocycles. The van der Waals surface area contributed by atoms with Gasteiger partial charge in [0.2, 0.25) is 5.91 Å². The third-order valence-corrected chi connectivity index (χ3v) is 6.47. The fourth-order valence-electron chi connectivity index (χ4n) is 4.90. The number of rotatable bonds is 5. The van der Waals surface area contributed by atoms with E-state index in [-0.39, 0.29) is 5.92 Å². The van der Waals surface area contributed by atoms with Crippen molar-refractivity contribution in [2.24, 2.45) is 5.92 Å². The molecule has 6 heteroatoms. The quantitative estimate of drug-likeness (QED) is 0.656. The van der Waals surface area contributed by atoms with Crippen molar-refractivity contribution >= 4 is 22.8 Å². The summed E-state index contributed by atoms with van der Waals surface area (Å²) in [5.74, 6) is 1.50. The lowest BCUT2D eigenvalue weighted by molar-refractivity contribution is -0.132. The van der Waals surface area contributed by atoms with Crippen molar-refractivity contribution in [3.63, 3.8) is 0 Å². The van der Waals surface area contributed by atoms with Crippen LogP contribution in [0.2, 0.25) is 0 Å². The van der Waals surface area contributed by atoms with Gasteiger partial charge in [0.05, 0.1) is 17.1 Å². The molecule has 0 N–H and O–H groups in total. The highest BCUT2D eigenvalue weighted by molar-refractivity contribution is 5.82. The number of amides is 1. The van der Waals surface area contributed by atoms with Crippen molar-refractivity contribution in [3.8, 4) is 0 Å². The van der Waals surface area contributed by atoms with Gasteiger partial charge in [-0.05, 0) is 55.9 Å². The molecule has 5 rings (SSSR count). The van der Waals surface area contributed by atoms with Gasteiger partial charge in [0, 0.05) is 44.1 Å². The van der Waals surface area contributed by atoms with Crippen molar-refractivity contribution in [3.05, 3.63) is 60.0 Å². The smallest absolute Gasteiger partial charge is 0.226 e. The summed E-state index contributed by atoms with van der Waals surface area (Å²) >= 11 is 0. The molecule has 2 aliphatic rings. The topological polar surface area (TPSA) is 62.2 Å². The van der Waals surface area contributed by atoms with Gasteiger partial charge in [0.15, 0.2) is 0 Å². The van der Waals surface area contributed by atoms with E-state index < -0.39 is 0 Å². The molecule has 6 nitrogen and oxygen atoms in total. The molecule has 2 aromatic heterocycles. The van der Waals surface area contributed by atoms with E-state index in [1.165, 1.54) is 11.1 Å². The Balaban J connectivity index is 1.20. The van der Waals surface area contributed by atoms with Crippen molar-refractivity contribution < 1.29 is 4.79 Å². The second-order valence-electron chi connectivity index (χ2n) is 8.49. The van der Waals surface area contributed by atoms with Gasteiger partial charge in [-0.15, -0.1) is 0 Å². The Kier molecular flexibility index (Phi) is 5.07. The maximum atomic E-state index is 13.0. The molecule has 4 heterocycles. The number of fused-ring (bicyclic) bond motifs is 2. The lowest BCUT2D eigenvalue weighted by Gasteiger charge is -2.38. The number of carbonyl (C=O) groups excluding carboxylic acids is 1. The zero-order chi connectivity index (χ0) is 20.5. The lowest BCUT2D eigenvalue weighted by Crippen LogP contribution is -2.51. The Morgan fingerprint density at radius 1 is 1.07 bits per heavy atom. The molecule has 1 aromatic carbocycles. The van der Waals surface area contributed by atoms with Crippen LogP contribution in [0.4, 0.5) is 5.82 Å². The Morgan fingerprint density at radius 2 is 1.97 bits per heavy atom. The molecule has 0 spiro atoms. The first-order valence-electron chi connectivity index (χ1n) is 10.9. The van der Waals surface area contributed by atoms with Crippen molar-refractivity contribution in [1.82, 2.24) is 19.9 Å². The van der Waals surface area contributed by atoms with E-state index in [4.69, 9.17) is 0 Å². The third kappa shape index (κ3) is 3.62. The minimum atomic E-state index is 0.141. The summed E-state index contributed by atoms with van der Waals surface area (Å²) in [6.07, 6.45) is 9.22. The van der Waals surface area contributed by atoms with Crippen LogP contribution in [0.1, 0.15) is 30.4 Å². The Labute approximate surface area is 177 Å². The van der Waals surface area contributed by atoms with Crippen LogP contribution in [-0.2, 0) is 11.2 Å². The molecule has 1 amide bonds. The number of pyridine rings is 1. The van der Waals surface area contributed by atoms with Gasteiger partial charge < -0.3 is 9.80 Å². The van der Waals surface area contributed by atoms with Crippen molar-refractivity contribution in [2.45, 2.75) is 38.6 Å². The van der Waals surface area contributed by atoms with Crippen LogP contribution in [0.15, 0.2) is 48.9 Å². The fourth-order valence-corrected chi connectivity index (χ4v) is 4.90. The number of aryl methyl sites for hydroxylation is 2. The van der Waals surface area contributed by atoms with Gasteiger partial charge in [-0.2, -0.15) is 0 Å². The molecular formula is C24H27N5O. The molecule has 2 aliphatic heterocycles. The predicted octanol–water partition coefficient (Wildman–Crippen LogP) is 3.39. The summed E-state index contributed by atoms with van der Waals surface area (Å²) in [5, 5.41) is 0. The molecule has 30 heavy (non-hydrogen) atoms. The molecule has 0 aliphatic carbocycles. The van der Waals surface area contributed by atoms with E-state index in [0.29, 0.717) is 11.9 Å². The molecule has 2 saturated heterocycles. The van der Waals surface area contributed by atoms with Gasteiger partial charge in [0.1, 0.15) is 5.82 Å². The molecule has 3 aromatic rings. The second kappa shape index (κ2) is 8.01. The van der Waals surface area contributed by atoms with E-state index in [2.05, 4.69) is 49.9 Å². The number of anilines is 1. The van der Waals surface area contributed by atoms with E-state index in [0.717, 1.165) is 62.2 Å². The standard InChI is InChI=1S/C24H27N5O/c1-17-8-9-22(27-15-17)28-12-13-29-20(16-28)14-19(24(29)30)6-2-4-18-5-3-7-21-23(18)26-11-10-25-21/h3,5,7-11,15,19-20H,2,4,6,12-14,16H2,1H3/t19-,20-/m0/s1. The van der Waals surface area contributed by atoms with E-state index in [1.807, 2.05) is 18.3 Å². The molecule has 0 bridgehead atoms. The molecule has 0 unspecified atom stereocenters. The van der Waals surface area contributed by atoms with Gasteiger partial charge in [-0.3, -0.25) is 14.8 Å². The van der Waals surface area contributed by atoms with Crippen LogP contribution in [0, 0.1) is 12.8 Å². The first-order chi connectivity index (χ1) is 14.7. The van der Waals surface area contributed by atoms with Gasteiger partial charge >= 0.3 is 0 Å². The van der Waals surface area contributed by atoms with Crippen LogP contribution in [0.5, 0.6) is 0 Å². The molecule has 2 fully saturated rings. The van der Waals surface area contributed by atoms with Gasteiger partial charge in [-0.25, -0.2) is 4.98 Å². The summed E-state index contributed by atoms with van der Waals surface area (Å²) in [7, 11) is 0. The maximum absolute atomic E-state index is 13.0. The average molecular weight is 402 g/mol. The molecule has 154 valence electrons. The fraction of sp³-hybridized carbons (Fsp3) is 0.417. The summed E-state index contributed by atoms with van der Waals surface area (Å²) in [5.41, 5.74) is 4.32. The predicted molar refractivity (Wildman–Crippen MR) is 117 cm³/mol. The largest absolute Gasteiger partial charge is 0.353 e. The summed E-state index contributed by atoms with van der Waals surface area (Å²) in [6.45, 7) is 4.60. The zero-order valence-electron chi connectivity index (χ0n) is 17.4. The Bertz CT molecular complexity index is 1050. The number of para-hydroxylation sites is 1. The number of carbonyl (C=O) groups is 1. The summed E-state index contributed by atoms with van der Waals surface area (Å²) < 4.78 is 0. The highest BCUT2D eigenvalue weighted by Gasteiger charge is 2.42. The van der Waals surface area contributed by atoms with Gasteiger partial charge in [-0.1, -0.05) is 18.2 Å². The lowest BCUT2D eigenvalue weighted by atomic mass is 9.96. The van der Waals surface area contributed by atoms with E-state index in [1.54, 1.807) is 12.4 Å². The van der Waals surface area contributed by atoms with E-state index >= 15 is 0 Å². The number of hydrogen-bond acceptors (Lipinski definition) is 5. The van der Waals surface area contributed by atoms with Crippen LogP contribution < -0.4 is 4.90 Å². The van der Waals surface area contributed by atoms with Gasteiger partial charge in [0.25, 0.3) is 0 Å². The Morgan fingerprint density at radius 3 is 2.83 bits per heavy atom. The van der Waals surface area contributed by atoms with Crippen LogP contribution in [0.25, 0.3) is 11.0 Å². The maximum Gasteiger partial charge on any atom is 0.226 e. The van der Waals surface area contributed by atoms with E-state index in [9.17, 15) is 4.79 Å². The number of nitrogens with zero attached hydrogens (tertiary/aromatic N) is 5. The van der Waals surface area contributed by atoms with Crippen LogP contribution in [-0.4, -0.2) is 51.4 Å². The SMILES string of the molecule is Cc1ccc(N2CCN3C(=O)[C@@H](CCCc4cccc5nccnc45)C[C@H]3C2)nc1. The second-order valence-corrected chi connectivity index (χ2v) is 8.49. The van der Waals surface area contributed by atoms with Crippen LogP contribution >= 0.6 is 0 Å². The van der Waals surface area contributed by atoms with Crippen LogP contribution in [0.3, 0.4) is 0 Å². The first kappa shape index (κ1) is 19.0.